The lowest BCUT2D eigenvalue weighted by Crippen LogP contribution is -2.24. The fourth-order valence-corrected chi connectivity index (χ4v) is 2.84. The molecule has 1 aromatic carbocycles. The van der Waals surface area contributed by atoms with Gasteiger partial charge in [0.2, 0.25) is 0 Å². The molecule has 0 aromatic heterocycles. The van der Waals surface area contributed by atoms with E-state index in [1.165, 1.54) is 30.6 Å². The van der Waals surface area contributed by atoms with Crippen LogP contribution in [0.25, 0.3) is 0 Å². The number of benzene rings is 1. The van der Waals surface area contributed by atoms with Crippen molar-refractivity contribution in [3.05, 3.63) is 34.9 Å². The Hall–Kier alpha value is -0.180. The minimum atomic E-state index is 0.553. The summed E-state index contributed by atoms with van der Waals surface area (Å²) >= 11 is 8.20. The Morgan fingerprint density at radius 1 is 1.41 bits per heavy atom. The topological polar surface area (TPSA) is 12.0 Å². The molecular formula is C14H20ClNS. The summed E-state index contributed by atoms with van der Waals surface area (Å²) in [6.07, 6.45) is 6.05. The van der Waals surface area contributed by atoms with Crippen LogP contribution in [0.4, 0.5) is 0 Å². The van der Waals surface area contributed by atoms with E-state index in [9.17, 15) is 0 Å². The van der Waals surface area contributed by atoms with Crippen molar-refractivity contribution in [3.8, 4) is 0 Å². The van der Waals surface area contributed by atoms with E-state index in [4.69, 9.17) is 11.6 Å². The number of thioether (sulfide) groups is 1. The van der Waals surface area contributed by atoms with Crippen molar-refractivity contribution in [2.75, 3.05) is 18.6 Å². The van der Waals surface area contributed by atoms with Crippen molar-refractivity contribution in [1.82, 2.24) is 5.32 Å². The van der Waals surface area contributed by atoms with Crippen LogP contribution in [0.5, 0.6) is 0 Å². The third-order valence-corrected chi connectivity index (χ3v) is 4.23. The van der Waals surface area contributed by atoms with Crippen molar-refractivity contribution in [2.24, 2.45) is 0 Å². The normalized spacial score (nSPS) is 17.1. The summed E-state index contributed by atoms with van der Waals surface area (Å²) in [5.74, 6) is 1.75. The number of hydrogen-bond donors (Lipinski definition) is 1. The molecule has 17 heavy (non-hydrogen) atoms. The lowest BCUT2D eigenvalue weighted by molar-refractivity contribution is 0.570. The SMILES string of the molecule is CSCCC(CNC1CC1)c1ccccc1Cl. The van der Waals surface area contributed by atoms with E-state index in [1.807, 2.05) is 23.9 Å². The van der Waals surface area contributed by atoms with Crippen molar-refractivity contribution in [3.63, 3.8) is 0 Å². The lowest BCUT2D eigenvalue weighted by atomic mass is 9.96. The van der Waals surface area contributed by atoms with E-state index in [0.717, 1.165) is 17.6 Å². The predicted octanol–water partition coefficient (Wildman–Crippen LogP) is 3.93. The highest BCUT2D eigenvalue weighted by molar-refractivity contribution is 7.98. The zero-order valence-electron chi connectivity index (χ0n) is 10.3. The summed E-state index contributed by atoms with van der Waals surface area (Å²) in [4.78, 5) is 0. The summed E-state index contributed by atoms with van der Waals surface area (Å²) in [5, 5.41) is 4.54. The van der Waals surface area contributed by atoms with Crippen molar-refractivity contribution >= 4 is 23.4 Å². The van der Waals surface area contributed by atoms with Crippen molar-refractivity contribution < 1.29 is 0 Å². The van der Waals surface area contributed by atoms with Gasteiger partial charge in [-0.05, 0) is 48.8 Å². The van der Waals surface area contributed by atoms with Gasteiger partial charge in [0.15, 0.2) is 0 Å². The molecule has 0 amide bonds. The van der Waals surface area contributed by atoms with Crippen LogP contribution in [-0.4, -0.2) is 24.6 Å². The zero-order valence-corrected chi connectivity index (χ0v) is 11.9. The van der Waals surface area contributed by atoms with E-state index in [2.05, 4.69) is 23.7 Å². The van der Waals surface area contributed by atoms with Crippen LogP contribution >= 0.6 is 23.4 Å². The molecule has 1 aliphatic rings. The zero-order chi connectivity index (χ0) is 12.1. The van der Waals surface area contributed by atoms with Gasteiger partial charge in [0.25, 0.3) is 0 Å². The maximum Gasteiger partial charge on any atom is 0.0441 e. The minimum Gasteiger partial charge on any atom is -0.313 e. The number of nitrogens with one attached hydrogen (secondary N) is 1. The van der Waals surface area contributed by atoms with E-state index in [1.54, 1.807) is 0 Å². The second-order valence-electron chi connectivity index (χ2n) is 4.68. The summed E-state index contributed by atoms with van der Waals surface area (Å²) in [5.41, 5.74) is 1.30. The van der Waals surface area contributed by atoms with Gasteiger partial charge in [0.05, 0.1) is 0 Å². The lowest BCUT2D eigenvalue weighted by Gasteiger charge is -2.19. The van der Waals surface area contributed by atoms with Crippen molar-refractivity contribution in [1.29, 1.82) is 0 Å². The van der Waals surface area contributed by atoms with Gasteiger partial charge in [-0.3, -0.25) is 0 Å². The largest absolute Gasteiger partial charge is 0.313 e. The Morgan fingerprint density at radius 2 is 2.18 bits per heavy atom. The third kappa shape index (κ3) is 4.20. The Bertz CT molecular complexity index is 352. The first-order chi connectivity index (χ1) is 8.31. The van der Waals surface area contributed by atoms with Crippen LogP contribution in [0, 0.1) is 0 Å². The first kappa shape index (κ1) is 13.3. The number of hydrogen-bond acceptors (Lipinski definition) is 2. The van der Waals surface area contributed by atoms with Gasteiger partial charge in [-0.15, -0.1) is 0 Å². The van der Waals surface area contributed by atoms with Gasteiger partial charge in [0, 0.05) is 17.6 Å². The molecule has 2 rings (SSSR count). The highest BCUT2D eigenvalue weighted by atomic mass is 35.5. The molecule has 94 valence electrons. The van der Waals surface area contributed by atoms with Gasteiger partial charge >= 0.3 is 0 Å². The second-order valence-corrected chi connectivity index (χ2v) is 6.08. The highest BCUT2D eigenvalue weighted by Gasteiger charge is 2.22. The molecule has 0 saturated heterocycles. The van der Waals surface area contributed by atoms with Gasteiger partial charge in [-0.25, -0.2) is 0 Å². The quantitative estimate of drug-likeness (QED) is 0.805. The van der Waals surface area contributed by atoms with E-state index in [0.29, 0.717) is 5.92 Å². The van der Waals surface area contributed by atoms with Crippen LogP contribution in [-0.2, 0) is 0 Å². The Labute approximate surface area is 113 Å². The van der Waals surface area contributed by atoms with Crippen LogP contribution in [0.1, 0.15) is 30.7 Å². The highest BCUT2D eigenvalue weighted by Crippen LogP contribution is 2.28. The molecule has 1 aliphatic carbocycles. The van der Waals surface area contributed by atoms with Crippen molar-refractivity contribution in [2.45, 2.75) is 31.2 Å². The molecule has 1 N–H and O–H groups in total. The number of rotatable bonds is 7. The molecule has 3 heteroatoms. The summed E-state index contributed by atoms with van der Waals surface area (Å²) in [6.45, 7) is 1.06. The second kappa shape index (κ2) is 6.67. The molecule has 1 fully saturated rings. The van der Waals surface area contributed by atoms with Gasteiger partial charge in [-0.2, -0.15) is 11.8 Å². The fraction of sp³-hybridized carbons (Fsp3) is 0.571. The average molecular weight is 270 g/mol. The third-order valence-electron chi connectivity index (χ3n) is 3.25. The van der Waals surface area contributed by atoms with Gasteiger partial charge in [0.1, 0.15) is 0 Å². The smallest absolute Gasteiger partial charge is 0.0441 e. The first-order valence-electron chi connectivity index (χ1n) is 6.28. The molecule has 0 radical (unpaired) electrons. The molecule has 1 saturated carbocycles. The minimum absolute atomic E-state index is 0.553. The van der Waals surface area contributed by atoms with Crippen LogP contribution < -0.4 is 5.32 Å². The summed E-state index contributed by atoms with van der Waals surface area (Å²) in [6, 6.07) is 9.03. The van der Waals surface area contributed by atoms with Crippen LogP contribution in [0.3, 0.4) is 0 Å². The number of halogens is 1. The van der Waals surface area contributed by atoms with Gasteiger partial charge < -0.3 is 5.32 Å². The molecule has 0 bridgehead atoms. The molecule has 0 heterocycles. The monoisotopic (exact) mass is 269 g/mol. The average Bonchev–Trinajstić information content (AvgIpc) is 3.15. The molecule has 1 unspecified atom stereocenters. The molecule has 1 atom stereocenters. The fourth-order valence-electron chi connectivity index (χ4n) is 2.03. The Kier molecular flexibility index (Phi) is 5.20. The molecule has 0 spiro atoms. The molecule has 0 aliphatic heterocycles. The standard InChI is InChI=1S/C14H20ClNS/c1-17-9-8-11(10-16-12-6-7-12)13-4-2-3-5-14(13)15/h2-5,11-12,16H,6-10H2,1H3. The van der Waals surface area contributed by atoms with E-state index >= 15 is 0 Å². The predicted molar refractivity (Wildman–Crippen MR) is 78.2 cm³/mol. The van der Waals surface area contributed by atoms with E-state index in [-0.39, 0.29) is 0 Å². The molecule has 1 nitrogen and oxygen atoms in total. The first-order valence-corrected chi connectivity index (χ1v) is 8.05. The molecule has 1 aromatic rings. The van der Waals surface area contributed by atoms with Crippen LogP contribution in [0.15, 0.2) is 24.3 Å². The maximum absolute atomic E-state index is 6.29. The maximum atomic E-state index is 6.29. The molecular weight excluding hydrogens is 250 g/mol. The van der Waals surface area contributed by atoms with E-state index < -0.39 is 0 Å². The Balaban J connectivity index is 1.99. The Morgan fingerprint density at radius 3 is 2.82 bits per heavy atom. The summed E-state index contributed by atoms with van der Waals surface area (Å²) in [7, 11) is 0. The van der Waals surface area contributed by atoms with Gasteiger partial charge in [-0.1, -0.05) is 29.8 Å². The summed E-state index contributed by atoms with van der Waals surface area (Å²) < 4.78 is 0. The van der Waals surface area contributed by atoms with Crippen LogP contribution in [0.2, 0.25) is 5.02 Å².